The molecule has 4 nitrogen and oxygen atoms in total. The minimum atomic E-state index is -0.0111. The number of aromatic amines is 1. The molecule has 0 aromatic carbocycles. The van der Waals surface area contributed by atoms with Crippen LogP contribution in [-0.4, -0.2) is 16.1 Å². The minimum Gasteiger partial charge on any atom is -0.310 e. The fourth-order valence-corrected chi connectivity index (χ4v) is 3.64. The summed E-state index contributed by atoms with van der Waals surface area (Å²) in [6.07, 6.45) is 5.77. The molecule has 1 aliphatic rings. The Bertz CT molecular complexity index is 587. The first-order valence-corrected chi connectivity index (χ1v) is 7.57. The van der Waals surface area contributed by atoms with Gasteiger partial charge in [-0.15, -0.1) is 11.3 Å². The molecule has 0 radical (unpaired) electrons. The van der Waals surface area contributed by atoms with E-state index in [4.69, 9.17) is 0 Å². The first-order chi connectivity index (χ1) is 9.29. The van der Waals surface area contributed by atoms with Crippen LogP contribution in [-0.2, 0) is 17.6 Å². The Morgan fingerprint density at radius 2 is 2.53 bits per heavy atom. The number of fused-ring (bicyclic) bond motifs is 1. The van der Waals surface area contributed by atoms with Crippen molar-refractivity contribution in [3.8, 4) is 0 Å². The molecule has 0 saturated heterocycles. The third kappa shape index (κ3) is 2.30. The van der Waals surface area contributed by atoms with Gasteiger partial charge in [-0.05, 0) is 42.7 Å². The third-order valence-electron chi connectivity index (χ3n) is 3.72. The van der Waals surface area contributed by atoms with Gasteiger partial charge in [-0.25, -0.2) is 0 Å². The molecule has 1 aliphatic carbocycles. The van der Waals surface area contributed by atoms with Crippen LogP contribution in [0.15, 0.2) is 17.6 Å². The van der Waals surface area contributed by atoms with Crippen LogP contribution < -0.4 is 5.32 Å². The van der Waals surface area contributed by atoms with Gasteiger partial charge in [-0.1, -0.05) is 6.92 Å². The zero-order valence-electron chi connectivity index (χ0n) is 10.9. The van der Waals surface area contributed by atoms with Crippen molar-refractivity contribution in [2.45, 2.75) is 38.5 Å². The third-order valence-corrected chi connectivity index (χ3v) is 4.71. The second kappa shape index (κ2) is 5.17. The average molecular weight is 275 g/mol. The van der Waals surface area contributed by atoms with Gasteiger partial charge in [-0.3, -0.25) is 9.89 Å². The fourth-order valence-electron chi connectivity index (χ4n) is 2.66. The summed E-state index contributed by atoms with van der Waals surface area (Å²) in [7, 11) is 0. The van der Waals surface area contributed by atoms with E-state index in [1.807, 2.05) is 0 Å². The van der Waals surface area contributed by atoms with Gasteiger partial charge in [0.15, 0.2) is 0 Å². The average Bonchev–Trinajstić information content (AvgIpc) is 3.05. The van der Waals surface area contributed by atoms with E-state index < -0.39 is 0 Å². The zero-order chi connectivity index (χ0) is 13.2. The number of nitrogens with one attached hydrogen (secondary N) is 2. The van der Waals surface area contributed by atoms with Crippen LogP contribution in [0.25, 0.3) is 0 Å². The number of H-pyrrole nitrogens is 1. The molecule has 0 bridgehead atoms. The molecule has 2 heterocycles. The fraction of sp³-hybridized carbons (Fsp3) is 0.429. The first kappa shape index (κ1) is 12.4. The number of carbonyl (C=O) groups is 1. The van der Waals surface area contributed by atoms with Gasteiger partial charge in [0.05, 0.1) is 12.1 Å². The van der Waals surface area contributed by atoms with Crippen molar-refractivity contribution in [3.05, 3.63) is 33.6 Å². The number of hydrogen-bond donors (Lipinski definition) is 2. The van der Waals surface area contributed by atoms with Crippen LogP contribution in [0.3, 0.4) is 0 Å². The normalized spacial score (nSPS) is 18.1. The highest BCUT2D eigenvalue weighted by atomic mass is 32.1. The van der Waals surface area contributed by atoms with Crippen molar-refractivity contribution < 1.29 is 4.79 Å². The molecule has 19 heavy (non-hydrogen) atoms. The summed E-state index contributed by atoms with van der Waals surface area (Å²) >= 11 is 1.76. The van der Waals surface area contributed by atoms with Gasteiger partial charge in [0, 0.05) is 10.4 Å². The topological polar surface area (TPSA) is 57.8 Å². The monoisotopic (exact) mass is 275 g/mol. The number of rotatable bonds is 3. The molecule has 1 amide bonds. The molecule has 1 unspecified atom stereocenters. The smallest absolute Gasteiger partial charge is 0.233 e. The van der Waals surface area contributed by atoms with Crippen LogP contribution in [0.2, 0.25) is 0 Å². The molecular formula is C14H17N3OS. The van der Waals surface area contributed by atoms with Crippen molar-refractivity contribution >= 4 is 23.1 Å². The van der Waals surface area contributed by atoms with Crippen LogP contribution in [0.5, 0.6) is 0 Å². The molecule has 0 saturated carbocycles. The standard InChI is InChI=1S/C14H17N3OS/c1-2-9-8-15-17-13(9)16-14(18)11-4-3-5-12-10(11)6-7-19-12/h6-8,11H,2-5H2,1H3,(H2,15,16,17,18). The molecule has 3 rings (SSSR count). The predicted molar refractivity (Wildman–Crippen MR) is 76.6 cm³/mol. The SMILES string of the molecule is CCc1cn[nH]c1NC(=O)C1CCCc2sccc21. The van der Waals surface area contributed by atoms with Gasteiger partial charge in [0.1, 0.15) is 5.82 Å². The van der Waals surface area contributed by atoms with E-state index in [0.717, 1.165) is 37.1 Å². The minimum absolute atomic E-state index is 0.0111. The summed E-state index contributed by atoms with van der Waals surface area (Å²) in [5.41, 5.74) is 2.26. The maximum absolute atomic E-state index is 12.4. The van der Waals surface area contributed by atoms with Crippen molar-refractivity contribution in [2.24, 2.45) is 0 Å². The first-order valence-electron chi connectivity index (χ1n) is 6.69. The van der Waals surface area contributed by atoms with Crippen LogP contribution in [0, 0.1) is 0 Å². The van der Waals surface area contributed by atoms with Gasteiger partial charge < -0.3 is 5.32 Å². The quantitative estimate of drug-likeness (QED) is 0.904. The Kier molecular flexibility index (Phi) is 3.38. The van der Waals surface area contributed by atoms with E-state index in [-0.39, 0.29) is 11.8 Å². The largest absolute Gasteiger partial charge is 0.310 e. The van der Waals surface area contributed by atoms with Crippen LogP contribution >= 0.6 is 11.3 Å². The van der Waals surface area contributed by atoms with E-state index in [0.29, 0.717) is 0 Å². The highest BCUT2D eigenvalue weighted by molar-refractivity contribution is 7.10. The lowest BCUT2D eigenvalue weighted by Crippen LogP contribution is -2.24. The second-order valence-corrected chi connectivity index (χ2v) is 5.86. The molecule has 2 aromatic rings. The van der Waals surface area contributed by atoms with E-state index in [2.05, 4.69) is 33.9 Å². The van der Waals surface area contributed by atoms with Crippen molar-refractivity contribution in [1.82, 2.24) is 10.2 Å². The van der Waals surface area contributed by atoms with Crippen LogP contribution in [0.1, 0.15) is 41.7 Å². The molecule has 1 atom stereocenters. The highest BCUT2D eigenvalue weighted by Gasteiger charge is 2.27. The van der Waals surface area contributed by atoms with Crippen LogP contribution in [0.4, 0.5) is 5.82 Å². The van der Waals surface area contributed by atoms with Gasteiger partial charge in [0.2, 0.25) is 5.91 Å². The number of thiophene rings is 1. The summed E-state index contributed by atoms with van der Waals surface area (Å²) in [4.78, 5) is 13.8. The van der Waals surface area contributed by atoms with Gasteiger partial charge in [0.25, 0.3) is 0 Å². The lowest BCUT2D eigenvalue weighted by Gasteiger charge is -2.21. The molecule has 0 aliphatic heterocycles. The lowest BCUT2D eigenvalue weighted by atomic mass is 9.87. The van der Waals surface area contributed by atoms with Crippen molar-refractivity contribution in [2.75, 3.05) is 5.32 Å². The number of carbonyl (C=O) groups excluding carboxylic acids is 1. The van der Waals surface area contributed by atoms with E-state index >= 15 is 0 Å². The molecule has 5 heteroatoms. The lowest BCUT2D eigenvalue weighted by molar-refractivity contribution is -0.117. The zero-order valence-corrected chi connectivity index (χ0v) is 11.7. The highest BCUT2D eigenvalue weighted by Crippen LogP contribution is 2.35. The number of amides is 1. The Morgan fingerprint density at radius 3 is 3.37 bits per heavy atom. The molecule has 0 spiro atoms. The molecule has 2 N–H and O–H groups in total. The summed E-state index contributed by atoms with van der Waals surface area (Å²) in [6, 6.07) is 2.09. The summed E-state index contributed by atoms with van der Waals surface area (Å²) in [5, 5.41) is 11.9. The molecular weight excluding hydrogens is 258 g/mol. The van der Waals surface area contributed by atoms with Crippen molar-refractivity contribution in [1.29, 1.82) is 0 Å². The number of nitrogens with zero attached hydrogens (tertiary/aromatic N) is 1. The Hall–Kier alpha value is -1.62. The number of anilines is 1. The summed E-state index contributed by atoms with van der Waals surface area (Å²) in [6.45, 7) is 2.05. The molecule has 100 valence electrons. The van der Waals surface area contributed by atoms with E-state index in [9.17, 15) is 4.79 Å². The number of aryl methyl sites for hydroxylation is 2. The summed E-state index contributed by atoms with van der Waals surface area (Å²) in [5.74, 6) is 0.816. The maximum Gasteiger partial charge on any atom is 0.233 e. The van der Waals surface area contributed by atoms with E-state index in [1.54, 1.807) is 17.5 Å². The Balaban J connectivity index is 1.79. The van der Waals surface area contributed by atoms with Crippen molar-refractivity contribution in [3.63, 3.8) is 0 Å². The Labute approximate surface area is 116 Å². The van der Waals surface area contributed by atoms with Gasteiger partial charge >= 0.3 is 0 Å². The summed E-state index contributed by atoms with van der Waals surface area (Å²) < 4.78 is 0. The Morgan fingerprint density at radius 1 is 1.63 bits per heavy atom. The second-order valence-electron chi connectivity index (χ2n) is 4.86. The van der Waals surface area contributed by atoms with E-state index in [1.165, 1.54) is 10.4 Å². The molecule has 0 fully saturated rings. The number of aromatic nitrogens is 2. The molecule has 2 aromatic heterocycles. The van der Waals surface area contributed by atoms with Gasteiger partial charge in [-0.2, -0.15) is 5.10 Å². The predicted octanol–water partition coefficient (Wildman–Crippen LogP) is 3.09. The number of hydrogen-bond acceptors (Lipinski definition) is 3. The maximum atomic E-state index is 12.4.